The zero-order valence-electron chi connectivity index (χ0n) is 14.1. The smallest absolute Gasteiger partial charge is 0.142 e. The summed E-state index contributed by atoms with van der Waals surface area (Å²) in [4.78, 5) is 8.83. The van der Waals surface area contributed by atoms with Gasteiger partial charge in [-0.05, 0) is 50.2 Å². The second kappa shape index (κ2) is 7.27. The summed E-state index contributed by atoms with van der Waals surface area (Å²) in [6.07, 6.45) is 5.38. The maximum atomic E-state index is 5.67. The highest BCUT2D eigenvalue weighted by Gasteiger charge is 2.17. The summed E-state index contributed by atoms with van der Waals surface area (Å²) >= 11 is 0. The molecule has 5 heteroatoms. The second-order valence-electron chi connectivity index (χ2n) is 5.74. The number of hydrogen-bond acceptors (Lipinski definition) is 4. The summed E-state index contributed by atoms with van der Waals surface area (Å²) in [6, 6.07) is 13.7. The van der Waals surface area contributed by atoms with Crippen LogP contribution in [0.25, 0.3) is 5.69 Å². The average Bonchev–Trinajstić information content (AvgIpc) is 3.06. The van der Waals surface area contributed by atoms with Crippen molar-refractivity contribution in [3.63, 3.8) is 0 Å². The molecule has 0 spiro atoms. The molecule has 0 aliphatic heterocycles. The number of ether oxygens (including phenoxy) is 2. The van der Waals surface area contributed by atoms with E-state index >= 15 is 0 Å². The molecule has 24 heavy (non-hydrogen) atoms. The van der Waals surface area contributed by atoms with Gasteiger partial charge in [-0.15, -0.1) is 0 Å². The van der Waals surface area contributed by atoms with E-state index in [9.17, 15) is 0 Å². The molecule has 1 aromatic carbocycles. The van der Waals surface area contributed by atoms with E-state index in [2.05, 4.69) is 9.97 Å². The molecule has 0 fully saturated rings. The lowest BCUT2D eigenvalue weighted by atomic mass is 10.2. The molecular weight excluding hydrogens is 302 g/mol. The Morgan fingerprint density at radius 3 is 2.38 bits per heavy atom. The highest BCUT2D eigenvalue weighted by atomic mass is 16.5. The highest BCUT2D eigenvalue weighted by Crippen LogP contribution is 2.23. The largest absolute Gasteiger partial charge is 0.491 e. The van der Waals surface area contributed by atoms with Crippen LogP contribution >= 0.6 is 0 Å². The SMILES string of the molecule is COC(c1ccccn1)c1cn(-c2ccc(OC(C)C)cc2)cn1. The predicted octanol–water partition coefficient (Wildman–Crippen LogP) is 3.79. The zero-order valence-corrected chi connectivity index (χ0v) is 14.1. The van der Waals surface area contributed by atoms with E-state index in [0.29, 0.717) is 0 Å². The Balaban J connectivity index is 1.82. The van der Waals surface area contributed by atoms with E-state index < -0.39 is 0 Å². The number of hydrogen-bond donors (Lipinski definition) is 0. The number of rotatable bonds is 6. The topological polar surface area (TPSA) is 49.2 Å². The molecule has 0 aliphatic rings. The number of aromatic nitrogens is 3. The van der Waals surface area contributed by atoms with E-state index in [-0.39, 0.29) is 12.2 Å². The summed E-state index contributed by atoms with van der Waals surface area (Å²) in [7, 11) is 1.66. The monoisotopic (exact) mass is 323 g/mol. The number of methoxy groups -OCH3 is 1. The van der Waals surface area contributed by atoms with Gasteiger partial charge in [-0.2, -0.15) is 0 Å². The van der Waals surface area contributed by atoms with Gasteiger partial charge in [-0.1, -0.05) is 6.07 Å². The molecule has 5 nitrogen and oxygen atoms in total. The molecule has 0 saturated carbocycles. The molecule has 124 valence electrons. The second-order valence-corrected chi connectivity index (χ2v) is 5.74. The third kappa shape index (κ3) is 3.63. The molecule has 3 rings (SSSR count). The Morgan fingerprint density at radius 2 is 1.75 bits per heavy atom. The summed E-state index contributed by atoms with van der Waals surface area (Å²) < 4.78 is 13.2. The number of pyridine rings is 1. The van der Waals surface area contributed by atoms with Crippen LogP contribution in [-0.2, 0) is 4.74 Å². The first-order valence-electron chi connectivity index (χ1n) is 7.92. The van der Waals surface area contributed by atoms with Crippen molar-refractivity contribution in [1.29, 1.82) is 0 Å². The summed E-state index contributed by atoms with van der Waals surface area (Å²) in [5.41, 5.74) is 2.67. The standard InChI is InChI=1S/C19H21N3O2/c1-14(2)24-16-9-7-15(8-10-16)22-12-18(21-13-22)19(23-3)17-6-4-5-11-20-17/h4-14,19H,1-3H3. The Hall–Kier alpha value is -2.66. The third-order valence-corrected chi connectivity index (χ3v) is 3.57. The summed E-state index contributed by atoms with van der Waals surface area (Å²) in [5.74, 6) is 0.859. The van der Waals surface area contributed by atoms with Crippen molar-refractivity contribution in [2.45, 2.75) is 26.1 Å². The van der Waals surface area contributed by atoms with Gasteiger partial charge in [0.1, 0.15) is 11.9 Å². The number of imidazole rings is 1. The highest BCUT2D eigenvalue weighted by molar-refractivity contribution is 5.38. The molecule has 1 unspecified atom stereocenters. The van der Waals surface area contributed by atoms with Crippen molar-refractivity contribution in [2.24, 2.45) is 0 Å². The van der Waals surface area contributed by atoms with Crippen LogP contribution in [0, 0.1) is 0 Å². The van der Waals surface area contributed by atoms with Crippen molar-refractivity contribution in [3.05, 3.63) is 72.6 Å². The minimum Gasteiger partial charge on any atom is -0.491 e. The number of benzene rings is 1. The van der Waals surface area contributed by atoms with Crippen LogP contribution in [0.5, 0.6) is 5.75 Å². The van der Waals surface area contributed by atoms with Gasteiger partial charge < -0.3 is 14.0 Å². The van der Waals surface area contributed by atoms with Crippen molar-refractivity contribution < 1.29 is 9.47 Å². The molecule has 0 bridgehead atoms. The van der Waals surface area contributed by atoms with Gasteiger partial charge in [-0.25, -0.2) is 4.98 Å². The Bertz CT molecular complexity index is 767. The maximum Gasteiger partial charge on any atom is 0.142 e. The first kappa shape index (κ1) is 16.2. The molecular formula is C19H21N3O2. The lowest BCUT2D eigenvalue weighted by Gasteiger charge is -2.12. The van der Waals surface area contributed by atoms with E-state index in [0.717, 1.165) is 22.8 Å². The predicted molar refractivity (Wildman–Crippen MR) is 92.4 cm³/mol. The van der Waals surface area contributed by atoms with Crippen molar-refractivity contribution >= 4 is 0 Å². The van der Waals surface area contributed by atoms with Crippen LogP contribution in [0.1, 0.15) is 31.3 Å². The van der Waals surface area contributed by atoms with Crippen molar-refractivity contribution in [3.8, 4) is 11.4 Å². The van der Waals surface area contributed by atoms with Crippen LogP contribution < -0.4 is 4.74 Å². The average molecular weight is 323 g/mol. The van der Waals surface area contributed by atoms with Crippen molar-refractivity contribution in [2.75, 3.05) is 7.11 Å². The van der Waals surface area contributed by atoms with Crippen LogP contribution in [0.2, 0.25) is 0 Å². The van der Waals surface area contributed by atoms with Crippen LogP contribution in [0.15, 0.2) is 61.2 Å². The molecule has 2 heterocycles. The van der Waals surface area contributed by atoms with Crippen LogP contribution in [-0.4, -0.2) is 27.7 Å². The fourth-order valence-corrected chi connectivity index (χ4v) is 2.51. The van der Waals surface area contributed by atoms with Gasteiger partial charge >= 0.3 is 0 Å². The van der Waals surface area contributed by atoms with Gasteiger partial charge in [0.15, 0.2) is 0 Å². The van der Waals surface area contributed by atoms with E-state index in [1.165, 1.54) is 0 Å². The molecule has 1 atom stereocenters. The fraction of sp³-hybridized carbons (Fsp3) is 0.263. The van der Waals surface area contributed by atoms with Gasteiger partial charge in [0, 0.05) is 25.2 Å². The molecule has 0 N–H and O–H groups in total. The molecule has 0 radical (unpaired) electrons. The van der Waals surface area contributed by atoms with Gasteiger partial charge in [0.25, 0.3) is 0 Å². The van der Waals surface area contributed by atoms with Crippen LogP contribution in [0.4, 0.5) is 0 Å². The lowest BCUT2D eigenvalue weighted by molar-refractivity contribution is 0.129. The number of nitrogens with zero attached hydrogens (tertiary/aromatic N) is 3. The summed E-state index contributed by atoms with van der Waals surface area (Å²) in [5, 5.41) is 0. The fourth-order valence-electron chi connectivity index (χ4n) is 2.51. The third-order valence-electron chi connectivity index (χ3n) is 3.57. The zero-order chi connectivity index (χ0) is 16.9. The molecule has 0 saturated heterocycles. The van der Waals surface area contributed by atoms with Gasteiger partial charge in [-0.3, -0.25) is 4.98 Å². The van der Waals surface area contributed by atoms with Crippen molar-refractivity contribution in [1.82, 2.24) is 14.5 Å². The minimum absolute atomic E-state index is 0.163. The molecule has 0 aliphatic carbocycles. The van der Waals surface area contributed by atoms with Crippen LogP contribution in [0.3, 0.4) is 0 Å². The minimum atomic E-state index is -0.281. The Kier molecular flexibility index (Phi) is 4.91. The molecule has 3 aromatic rings. The van der Waals surface area contributed by atoms with E-state index in [1.54, 1.807) is 19.6 Å². The Morgan fingerprint density at radius 1 is 0.958 bits per heavy atom. The van der Waals surface area contributed by atoms with E-state index in [1.807, 2.05) is 67.1 Å². The molecule has 2 aromatic heterocycles. The normalized spacial score (nSPS) is 12.3. The first-order chi connectivity index (χ1) is 11.7. The van der Waals surface area contributed by atoms with Gasteiger partial charge in [0.05, 0.1) is 23.8 Å². The Labute approximate surface area is 141 Å². The molecule has 0 amide bonds. The van der Waals surface area contributed by atoms with Gasteiger partial charge in [0.2, 0.25) is 0 Å². The quantitative estimate of drug-likeness (QED) is 0.692. The first-order valence-corrected chi connectivity index (χ1v) is 7.92. The lowest BCUT2D eigenvalue weighted by Crippen LogP contribution is -2.06. The van der Waals surface area contributed by atoms with E-state index in [4.69, 9.17) is 9.47 Å². The summed E-state index contributed by atoms with van der Waals surface area (Å²) in [6.45, 7) is 4.02. The maximum absolute atomic E-state index is 5.67.